The van der Waals surface area contributed by atoms with Crippen LogP contribution in [0.1, 0.15) is 28.3 Å². The molecule has 2 aromatic heterocycles. The Labute approximate surface area is 182 Å². The molecule has 0 bridgehead atoms. The van der Waals surface area contributed by atoms with Gasteiger partial charge in [-0.1, -0.05) is 18.2 Å². The summed E-state index contributed by atoms with van der Waals surface area (Å²) in [5.41, 5.74) is 3.03. The molecule has 0 radical (unpaired) electrons. The molecule has 0 saturated heterocycles. The van der Waals surface area contributed by atoms with Gasteiger partial charge in [-0.25, -0.2) is 4.98 Å². The maximum atomic E-state index is 12.8. The number of halogens is 3. The Hall–Kier alpha value is -3.55. The number of aliphatic carboxylic acids is 1. The van der Waals surface area contributed by atoms with Crippen molar-refractivity contribution in [1.29, 1.82) is 0 Å². The number of benzene rings is 2. The Morgan fingerprint density at radius 3 is 2.44 bits per heavy atom. The number of aromatic nitrogens is 2. The van der Waals surface area contributed by atoms with Gasteiger partial charge in [0.25, 0.3) is 0 Å². The summed E-state index contributed by atoms with van der Waals surface area (Å²) in [5, 5.41) is 10.2. The van der Waals surface area contributed by atoms with Crippen LogP contribution >= 0.6 is 0 Å². The molecule has 166 valence electrons. The van der Waals surface area contributed by atoms with Crippen LogP contribution in [0.25, 0.3) is 22.4 Å². The summed E-state index contributed by atoms with van der Waals surface area (Å²) in [6.45, 7) is 4.25. The van der Waals surface area contributed by atoms with Crippen molar-refractivity contribution in [2.24, 2.45) is 0 Å². The number of hydrogen-bond acceptors (Lipinski definition) is 3. The maximum Gasteiger partial charge on any atom is 0.416 e. The van der Waals surface area contributed by atoms with Gasteiger partial charge in [0.2, 0.25) is 5.89 Å². The molecule has 32 heavy (non-hydrogen) atoms. The lowest BCUT2D eigenvalue weighted by Crippen LogP contribution is -2.06. The SMILES string of the molecule is Cc1nc(-c2ccc(C(F)(F)F)cc2)oc1CCn1c(C)c(CC(=O)O)c2ccccc21. The lowest BCUT2D eigenvalue weighted by atomic mass is 10.1. The molecule has 0 amide bonds. The molecule has 0 saturated carbocycles. The molecule has 0 aliphatic rings. The van der Waals surface area contributed by atoms with Gasteiger partial charge in [0.15, 0.2) is 0 Å². The number of aryl methyl sites for hydroxylation is 3. The van der Waals surface area contributed by atoms with E-state index in [4.69, 9.17) is 4.42 Å². The van der Waals surface area contributed by atoms with E-state index in [1.165, 1.54) is 12.1 Å². The molecule has 2 aromatic carbocycles. The first-order valence-electron chi connectivity index (χ1n) is 10.1. The van der Waals surface area contributed by atoms with Crippen LogP contribution in [0.15, 0.2) is 52.9 Å². The van der Waals surface area contributed by atoms with Crippen LogP contribution in [-0.4, -0.2) is 20.6 Å². The summed E-state index contributed by atoms with van der Waals surface area (Å²) in [6, 6.07) is 12.4. The van der Waals surface area contributed by atoms with Crippen LogP contribution in [0.2, 0.25) is 0 Å². The topological polar surface area (TPSA) is 68.3 Å². The third-order valence-electron chi connectivity index (χ3n) is 5.60. The Kier molecular flexibility index (Phi) is 5.54. The predicted octanol–water partition coefficient (Wildman–Crippen LogP) is 5.80. The third kappa shape index (κ3) is 4.12. The second-order valence-electron chi connectivity index (χ2n) is 7.66. The average molecular weight is 442 g/mol. The Morgan fingerprint density at radius 2 is 1.78 bits per heavy atom. The molecule has 1 N–H and O–H groups in total. The first kappa shape index (κ1) is 21.7. The maximum absolute atomic E-state index is 12.8. The summed E-state index contributed by atoms with van der Waals surface area (Å²) in [5.74, 6) is 0.0204. The summed E-state index contributed by atoms with van der Waals surface area (Å²) in [4.78, 5) is 15.7. The molecular weight excluding hydrogens is 421 g/mol. The van der Waals surface area contributed by atoms with Gasteiger partial charge < -0.3 is 14.1 Å². The van der Waals surface area contributed by atoms with E-state index in [2.05, 4.69) is 9.55 Å². The van der Waals surface area contributed by atoms with Gasteiger partial charge in [-0.3, -0.25) is 4.79 Å². The van der Waals surface area contributed by atoms with Crippen molar-refractivity contribution in [3.05, 3.63) is 76.8 Å². The Bertz CT molecular complexity index is 1280. The molecule has 0 aliphatic carbocycles. The van der Waals surface area contributed by atoms with Crippen LogP contribution in [0.4, 0.5) is 13.2 Å². The number of para-hydroxylation sites is 1. The van der Waals surface area contributed by atoms with Crippen LogP contribution in [0.5, 0.6) is 0 Å². The molecule has 8 heteroatoms. The third-order valence-corrected chi connectivity index (χ3v) is 5.60. The van der Waals surface area contributed by atoms with E-state index in [-0.39, 0.29) is 12.3 Å². The largest absolute Gasteiger partial charge is 0.481 e. The zero-order valence-corrected chi connectivity index (χ0v) is 17.5. The van der Waals surface area contributed by atoms with E-state index < -0.39 is 17.7 Å². The van der Waals surface area contributed by atoms with Gasteiger partial charge in [-0.15, -0.1) is 0 Å². The highest BCUT2D eigenvalue weighted by molar-refractivity contribution is 5.89. The van der Waals surface area contributed by atoms with E-state index in [1.54, 1.807) is 6.92 Å². The molecule has 0 aliphatic heterocycles. The second kappa shape index (κ2) is 8.18. The standard InChI is InChI=1S/C24H21F3N2O3/c1-14-21(32-23(28-14)16-7-9-17(10-8-16)24(25,26)27)11-12-29-15(2)19(13-22(30)31)18-5-3-4-6-20(18)29/h3-10H,11-13H2,1-2H3,(H,30,31). The van der Waals surface area contributed by atoms with Gasteiger partial charge >= 0.3 is 12.1 Å². The van der Waals surface area contributed by atoms with Crippen molar-refractivity contribution < 1.29 is 27.5 Å². The molecular formula is C24H21F3N2O3. The number of carbonyl (C=O) groups is 1. The summed E-state index contributed by atoms with van der Waals surface area (Å²) in [6.07, 6.45) is -3.95. The fourth-order valence-electron chi connectivity index (χ4n) is 3.96. The number of hydrogen-bond donors (Lipinski definition) is 1. The number of carboxylic acids is 1. The second-order valence-corrected chi connectivity index (χ2v) is 7.66. The Balaban J connectivity index is 1.59. The summed E-state index contributed by atoms with van der Waals surface area (Å²) >= 11 is 0. The Morgan fingerprint density at radius 1 is 1.09 bits per heavy atom. The van der Waals surface area contributed by atoms with Crippen molar-refractivity contribution in [2.45, 2.75) is 39.4 Å². The van der Waals surface area contributed by atoms with Crippen LogP contribution < -0.4 is 0 Å². The highest BCUT2D eigenvalue weighted by Crippen LogP contribution is 2.32. The monoisotopic (exact) mass is 442 g/mol. The fraction of sp³-hybridized carbons (Fsp3) is 0.250. The van der Waals surface area contributed by atoms with Gasteiger partial charge in [0, 0.05) is 35.1 Å². The molecule has 2 heterocycles. The highest BCUT2D eigenvalue weighted by Gasteiger charge is 2.30. The minimum Gasteiger partial charge on any atom is -0.481 e. The van der Waals surface area contributed by atoms with Crippen LogP contribution in [0, 0.1) is 13.8 Å². The number of nitrogens with zero attached hydrogens (tertiary/aromatic N) is 2. The van der Waals surface area contributed by atoms with Crippen molar-refractivity contribution in [3.63, 3.8) is 0 Å². The van der Waals surface area contributed by atoms with Gasteiger partial charge in [-0.2, -0.15) is 13.2 Å². The van der Waals surface area contributed by atoms with E-state index in [1.807, 2.05) is 31.2 Å². The average Bonchev–Trinajstić information content (AvgIpc) is 3.23. The van der Waals surface area contributed by atoms with Gasteiger partial charge in [-0.05, 0) is 49.7 Å². The number of alkyl halides is 3. The number of fused-ring (bicyclic) bond motifs is 1. The smallest absolute Gasteiger partial charge is 0.416 e. The number of rotatable bonds is 6. The van der Waals surface area contributed by atoms with Crippen LogP contribution in [-0.2, 0) is 30.4 Å². The summed E-state index contributed by atoms with van der Waals surface area (Å²) in [7, 11) is 0. The van der Waals surface area contributed by atoms with Gasteiger partial charge in [0.05, 0.1) is 17.7 Å². The first-order chi connectivity index (χ1) is 15.1. The molecule has 4 rings (SSSR count). The number of carboxylic acid groups (broad SMARTS) is 1. The summed E-state index contributed by atoms with van der Waals surface area (Å²) < 4.78 is 46.3. The molecule has 0 spiro atoms. The van der Waals surface area contributed by atoms with Crippen molar-refractivity contribution in [3.8, 4) is 11.5 Å². The lowest BCUT2D eigenvalue weighted by Gasteiger charge is -2.08. The van der Waals surface area contributed by atoms with E-state index in [0.29, 0.717) is 30.0 Å². The molecule has 0 unspecified atom stereocenters. The first-order valence-corrected chi connectivity index (χ1v) is 10.1. The zero-order valence-electron chi connectivity index (χ0n) is 17.5. The highest BCUT2D eigenvalue weighted by atomic mass is 19.4. The van der Waals surface area contributed by atoms with E-state index >= 15 is 0 Å². The molecule has 0 fully saturated rings. The normalized spacial score (nSPS) is 11.9. The van der Waals surface area contributed by atoms with Gasteiger partial charge in [0.1, 0.15) is 5.76 Å². The predicted molar refractivity (Wildman–Crippen MR) is 113 cm³/mol. The fourth-order valence-corrected chi connectivity index (χ4v) is 3.96. The van der Waals surface area contributed by atoms with E-state index in [0.717, 1.165) is 34.3 Å². The quantitative estimate of drug-likeness (QED) is 0.410. The molecule has 4 aromatic rings. The van der Waals surface area contributed by atoms with E-state index in [9.17, 15) is 23.1 Å². The van der Waals surface area contributed by atoms with Crippen molar-refractivity contribution in [2.75, 3.05) is 0 Å². The molecule has 5 nitrogen and oxygen atoms in total. The minimum atomic E-state index is -4.40. The van der Waals surface area contributed by atoms with Crippen LogP contribution in [0.3, 0.4) is 0 Å². The zero-order chi connectivity index (χ0) is 23.0. The van der Waals surface area contributed by atoms with Crippen molar-refractivity contribution in [1.82, 2.24) is 9.55 Å². The molecule has 0 atom stereocenters. The minimum absolute atomic E-state index is 0.0568. The van der Waals surface area contributed by atoms with Crippen molar-refractivity contribution >= 4 is 16.9 Å². The number of oxazole rings is 1. The lowest BCUT2D eigenvalue weighted by molar-refractivity contribution is -0.138.